The van der Waals surface area contributed by atoms with Crippen molar-refractivity contribution in [1.82, 2.24) is 4.98 Å². The number of aromatic nitrogens is 1. The molecule has 0 aliphatic heterocycles. The first-order chi connectivity index (χ1) is 6.78. The number of anilines is 1. The van der Waals surface area contributed by atoms with Gasteiger partial charge in [0.05, 0.1) is 0 Å². The standard InChI is InChI=1S/C9H14N2O4/c1-9(2,3)15-8(14)10-5-4-6(12)11-7(5)13/h4,11-13H,1-3H3,(H,10,14). The Balaban J connectivity index is 2.63. The van der Waals surface area contributed by atoms with Gasteiger partial charge in [0.25, 0.3) is 0 Å². The minimum absolute atomic E-state index is 0.0711. The number of nitrogens with one attached hydrogen (secondary N) is 2. The van der Waals surface area contributed by atoms with E-state index in [4.69, 9.17) is 9.84 Å². The number of amides is 1. The van der Waals surface area contributed by atoms with Crippen molar-refractivity contribution in [3.63, 3.8) is 0 Å². The maximum Gasteiger partial charge on any atom is 0.412 e. The zero-order chi connectivity index (χ0) is 11.6. The van der Waals surface area contributed by atoms with Crippen LogP contribution in [0.25, 0.3) is 0 Å². The van der Waals surface area contributed by atoms with Crippen molar-refractivity contribution >= 4 is 11.8 Å². The fourth-order valence-corrected chi connectivity index (χ4v) is 0.939. The van der Waals surface area contributed by atoms with Crippen LogP contribution in [0, 0.1) is 0 Å². The average Bonchev–Trinajstić information content (AvgIpc) is 2.25. The number of carbonyl (C=O) groups is 1. The topological polar surface area (TPSA) is 94.6 Å². The highest BCUT2D eigenvalue weighted by molar-refractivity contribution is 5.86. The smallest absolute Gasteiger partial charge is 0.412 e. The van der Waals surface area contributed by atoms with E-state index in [0.717, 1.165) is 0 Å². The van der Waals surface area contributed by atoms with E-state index in [1.54, 1.807) is 20.8 Å². The van der Waals surface area contributed by atoms with E-state index in [1.807, 2.05) is 0 Å². The number of hydrogen-bond donors (Lipinski definition) is 4. The van der Waals surface area contributed by atoms with Crippen molar-refractivity contribution in [3.05, 3.63) is 6.07 Å². The second-order valence-corrected chi connectivity index (χ2v) is 4.04. The Morgan fingerprint density at radius 2 is 2.07 bits per heavy atom. The summed E-state index contributed by atoms with van der Waals surface area (Å²) in [7, 11) is 0. The van der Waals surface area contributed by atoms with Crippen LogP contribution in [0.5, 0.6) is 11.8 Å². The van der Waals surface area contributed by atoms with Gasteiger partial charge in [-0.3, -0.25) is 10.3 Å². The average molecular weight is 214 g/mol. The van der Waals surface area contributed by atoms with E-state index >= 15 is 0 Å². The van der Waals surface area contributed by atoms with Crippen molar-refractivity contribution in [3.8, 4) is 11.8 Å². The summed E-state index contributed by atoms with van der Waals surface area (Å²) in [6.07, 6.45) is -0.697. The normalized spacial score (nSPS) is 11.1. The summed E-state index contributed by atoms with van der Waals surface area (Å²) in [5, 5.41) is 20.4. The molecule has 0 spiro atoms. The molecule has 0 aromatic carbocycles. The van der Waals surface area contributed by atoms with E-state index in [0.29, 0.717) is 0 Å². The molecule has 1 amide bonds. The van der Waals surface area contributed by atoms with Crippen LogP contribution in [-0.4, -0.2) is 26.9 Å². The fraction of sp³-hybridized carbons (Fsp3) is 0.444. The van der Waals surface area contributed by atoms with Crippen molar-refractivity contribution < 1.29 is 19.7 Å². The Morgan fingerprint density at radius 1 is 1.47 bits per heavy atom. The molecular formula is C9H14N2O4. The molecule has 0 saturated carbocycles. The van der Waals surface area contributed by atoms with Gasteiger partial charge in [-0.05, 0) is 20.8 Å². The second-order valence-electron chi connectivity index (χ2n) is 4.04. The molecule has 0 aliphatic carbocycles. The first-order valence-electron chi connectivity index (χ1n) is 4.39. The molecule has 6 heteroatoms. The Labute approximate surface area is 86.9 Å². The van der Waals surface area contributed by atoms with Gasteiger partial charge in [0.1, 0.15) is 11.3 Å². The minimum Gasteiger partial charge on any atom is -0.494 e. The van der Waals surface area contributed by atoms with E-state index in [9.17, 15) is 9.90 Å². The van der Waals surface area contributed by atoms with Crippen LogP contribution in [0.2, 0.25) is 0 Å². The molecule has 0 unspecified atom stereocenters. The summed E-state index contributed by atoms with van der Waals surface area (Å²) in [4.78, 5) is 13.5. The Bertz CT molecular complexity index is 365. The van der Waals surface area contributed by atoms with Crippen LogP contribution in [-0.2, 0) is 4.74 Å². The predicted molar refractivity (Wildman–Crippen MR) is 54.0 cm³/mol. The number of ether oxygens (including phenoxy) is 1. The number of aromatic hydroxyl groups is 2. The molecule has 84 valence electrons. The third-order valence-electron chi connectivity index (χ3n) is 1.42. The molecule has 15 heavy (non-hydrogen) atoms. The Morgan fingerprint density at radius 3 is 2.47 bits per heavy atom. The molecule has 0 saturated heterocycles. The monoisotopic (exact) mass is 214 g/mol. The van der Waals surface area contributed by atoms with Crippen molar-refractivity contribution in [2.75, 3.05) is 5.32 Å². The number of hydrogen-bond acceptors (Lipinski definition) is 4. The minimum atomic E-state index is -0.697. The molecule has 0 radical (unpaired) electrons. The van der Waals surface area contributed by atoms with Crippen LogP contribution in [0.1, 0.15) is 20.8 Å². The summed E-state index contributed by atoms with van der Waals surface area (Å²) in [5.74, 6) is -0.558. The first kappa shape index (κ1) is 11.2. The van der Waals surface area contributed by atoms with E-state index in [1.165, 1.54) is 6.07 Å². The molecule has 0 bridgehead atoms. The van der Waals surface area contributed by atoms with Crippen LogP contribution in [0.15, 0.2) is 6.07 Å². The SMILES string of the molecule is CC(C)(C)OC(=O)Nc1cc(O)[nH]c1O. The van der Waals surface area contributed by atoms with Crippen molar-refractivity contribution in [1.29, 1.82) is 0 Å². The van der Waals surface area contributed by atoms with Crippen LogP contribution in [0.4, 0.5) is 10.5 Å². The summed E-state index contributed by atoms with van der Waals surface area (Å²) < 4.78 is 4.95. The number of carbonyl (C=O) groups excluding carboxylic acids is 1. The van der Waals surface area contributed by atoms with Crippen LogP contribution >= 0.6 is 0 Å². The summed E-state index contributed by atoms with van der Waals surface area (Å²) in [5.41, 5.74) is -0.542. The zero-order valence-corrected chi connectivity index (χ0v) is 8.79. The third kappa shape index (κ3) is 3.41. The number of H-pyrrole nitrogens is 1. The lowest BCUT2D eigenvalue weighted by molar-refractivity contribution is 0.0635. The zero-order valence-electron chi connectivity index (χ0n) is 8.79. The number of aromatic amines is 1. The molecular weight excluding hydrogens is 200 g/mol. The van der Waals surface area contributed by atoms with Gasteiger partial charge < -0.3 is 14.9 Å². The van der Waals surface area contributed by atoms with Gasteiger partial charge in [-0.15, -0.1) is 0 Å². The van der Waals surface area contributed by atoms with Crippen LogP contribution < -0.4 is 5.32 Å². The first-order valence-corrected chi connectivity index (χ1v) is 4.39. The van der Waals surface area contributed by atoms with E-state index in [2.05, 4.69) is 10.3 Å². The van der Waals surface area contributed by atoms with Gasteiger partial charge >= 0.3 is 6.09 Å². The molecule has 0 fully saturated rings. The summed E-state index contributed by atoms with van der Waals surface area (Å²) in [6, 6.07) is 1.18. The number of rotatable bonds is 1. The fourth-order valence-electron chi connectivity index (χ4n) is 0.939. The van der Waals surface area contributed by atoms with Crippen molar-refractivity contribution in [2.45, 2.75) is 26.4 Å². The van der Waals surface area contributed by atoms with Gasteiger partial charge in [0.2, 0.25) is 5.88 Å². The van der Waals surface area contributed by atoms with Gasteiger partial charge in [-0.25, -0.2) is 4.79 Å². The Kier molecular flexibility index (Phi) is 2.78. The lowest BCUT2D eigenvalue weighted by atomic mass is 10.2. The Hall–Kier alpha value is -1.85. The van der Waals surface area contributed by atoms with Gasteiger partial charge in [-0.2, -0.15) is 0 Å². The third-order valence-corrected chi connectivity index (χ3v) is 1.42. The molecule has 1 rings (SSSR count). The van der Waals surface area contributed by atoms with Gasteiger partial charge in [-0.1, -0.05) is 0 Å². The summed E-state index contributed by atoms with van der Waals surface area (Å²) >= 11 is 0. The molecule has 0 atom stereocenters. The highest BCUT2D eigenvalue weighted by atomic mass is 16.6. The van der Waals surface area contributed by atoms with Crippen LogP contribution in [0.3, 0.4) is 0 Å². The highest BCUT2D eigenvalue weighted by Gasteiger charge is 2.18. The molecule has 4 N–H and O–H groups in total. The molecule has 1 aromatic rings. The maximum atomic E-state index is 11.2. The summed E-state index contributed by atoms with van der Waals surface area (Å²) in [6.45, 7) is 5.17. The molecule has 6 nitrogen and oxygen atoms in total. The maximum absolute atomic E-state index is 11.2. The lowest BCUT2D eigenvalue weighted by Crippen LogP contribution is -2.27. The molecule has 0 aliphatic rings. The molecule has 1 heterocycles. The molecule has 1 aromatic heterocycles. The van der Waals surface area contributed by atoms with Crippen molar-refractivity contribution in [2.24, 2.45) is 0 Å². The highest BCUT2D eigenvalue weighted by Crippen LogP contribution is 2.27. The van der Waals surface area contributed by atoms with E-state index < -0.39 is 11.7 Å². The quantitative estimate of drug-likeness (QED) is 0.573. The predicted octanol–water partition coefficient (Wildman–Crippen LogP) is 1.77. The lowest BCUT2D eigenvalue weighted by Gasteiger charge is -2.19. The van der Waals surface area contributed by atoms with Gasteiger partial charge in [0.15, 0.2) is 5.88 Å². The largest absolute Gasteiger partial charge is 0.494 e. The second kappa shape index (κ2) is 3.72. The van der Waals surface area contributed by atoms with Gasteiger partial charge in [0, 0.05) is 6.07 Å². The van der Waals surface area contributed by atoms with E-state index in [-0.39, 0.29) is 17.4 Å².